The van der Waals surface area contributed by atoms with Gasteiger partial charge in [-0.15, -0.1) is 24.0 Å². The first-order chi connectivity index (χ1) is 15.1. The van der Waals surface area contributed by atoms with Crippen LogP contribution in [0.3, 0.4) is 0 Å². The minimum absolute atomic E-state index is 0. The third-order valence-electron chi connectivity index (χ3n) is 5.24. The Bertz CT molecular complexity index is 862. The van der Waals surface area contributed by atoms with Crippen LogP contribution in [-0.4, -0.2) is 64.9 Å². The van der Waals surface area contributed by atoms with Crippen LogP contribution in [0.5, 0.6) is 17.2 Å². The first-order valence-electron chi connectivity index (χ1n) is 10.4. The van der Waals surface area contributed by atoms with Crippen molar-refractivity contribution in [2.45, 2.75) is 13.5 Å². The van der Waals surface area contributed by atoms with Gasteiger partial charge in [0.1, 0.15) is 5.82 Å². The highest BCUT2D eigenvalue weighted by atomic mass is 127. The Labute approximate surface area is 206 Å². The summed E-state index contributed by atoms with van der Waals surface area (Å²) in [7, 11) is 4.80. The molecule has 1 saturated heterocycles. The van der Waals surface area contributed by atoms with Crippen LogP contribution < -0.4 is 24.4 Å². The molecule has 1 N–H and O–H groups in total. The number of hydrogen-bond donors (Lipinski definition) is 1. The maximum absolute atomic E-state index is 13.2. The van der Waals surface area contributed by atoms with Crippen LogP contribution in [0.1, 0.15) is 12.5 Å². The number of halogens is 2. The van der Waals surface area contributed by atoms with E-state index in [9.17, 15) is 4.39 Å². The Kier molecular flexibility index (Phi) is 10.1. The molecule has 7 nitrogen and oxygen atoms in total. The summed E-state index contributed by atoms with van der Waals surface area (Å²) in [5.74, 6) is 2.46. The monoisotopic (exact) mass is 558 g/mol. The van der Waals surface area contributed by atoms with Crippen molar-refractivity contribution in [2.24, 2.45) is 4.99 Å². The smallest absolute Gasteiger partial charge is 0.203 e. The average molecular weight is 558 g/mol. The van der Waals surface area contributed by atoms with E-state index in [1.54, 1.807) is 21.3 Å². The number of aliphatic imine (C=N–C) groups is 1. The van der Waals surface area contributed by atoms with E-state index in [1.807, 2.05) is 24.3 Å². The van der Waals surface area contributed by atoms with Gasteiger partial charge in [0.25, 0.3) is 0 Å². The number of guanidine groups is 1. The van der Waals surface area contributed by atoms with Crippen molar-refractivity contribution in [1.29, 1.82) is 0 Å². The second kappa shape index (κ2) is 12.6. The van der Waals surface area contributed by atoms with Crippen LogP contribution in [0.15, 0.2) is 41.4 Å². The molecular formula is C23H32FIN4O3. The van der Waals surface area contributed by atoms with E-state index in [4.69, 9.17) is 19.2 Å². The molecule has 1 fully saturated rings. The Morgan fingerprint density at radius 2 is 1.56 bits per heavy atom. The second-order valence-corrected chi connectivity index (χ2v) is 7.15. The van der Waals surface area contributed by atoms with Crippen LogP contribution in [0, 0.1) is 5.82 Å². The first kappa shape index (κ1) is 25.8. The maximum Gasteiger partial charge on any atom is 0.203 e. The predicted molar refractivity (Wildman–Crippen MR) is 137 cm³/mol. The number of benzene rings is 2. The lowest BCUT2D eigenvalue weighted by molar-refractivity contribution is 0.324. The number of hydrogen-bond acceptors (Lipinski definition) is 5. The number of nitrogens with one attached hydrogen (secondary N) is 1. The maximum atomic E-state index is 13.2. The summed E-state index contributed by atoms with van der Waals surface area (Å²) in [5, 5.41) is 3.39. The number of piperazine rings is 1. The van der Waals surface area contributed by atoms with Gasteiger partial charge in [-0.05, 0) is 48.9 Å². The summed E-state index contributed by atoms with van der Waals surface area (Å²) in [6, 6.07) is 10.5. The van der Waals surface area contributed by atoms with Crippen molar-refractivity contribution in [3.63, 3.8) is 0 Å². The molecule has 0 aromatic heterocycles. The standard InChI is InChI=1S/C23H31FN4O3.HI/c1-5-25-23(26-16-17-14-20(29-2)22(31-4)21(15-17)30-3)28-12-10-27(11-13-28)19-8-6-18(24)7-9-19;/h6-9,14-15H,5,10-13,16H2,1-4H3,(H,25,26);1H. The highest BCUT2D eigenvalue weighted by molar-refractivity contribution is 14.0. The molecule has 0 aliphatic carbocycles. The van der Waals surface area contributed by atoms with Gasteiger partial charge in [-0.3, -0.25) is 0 Å². The van der Waals surface area contributed by atoms with E-state index in [2.05, 4.69) is 22.0 Å². The molecule has 0 radical (unpaired) electrons. The quantitative estimate of drug-likeness (QED) is 0.318. The topological polar surface area (TPSA) is 58.6 Å². The summed E-state index contributed by atoms with van der Waals surface area (Å²) < 4.78 is 29.5. The number of anilines is 1. The van der Waals surface area contributed by atoms with Crippen molar-refractivity contribution in [3.05, 3.63) is 47.8 Å². The van der Waals surface area contributed by atoms with E-state index in [1.165, 1.54) is 12.1 Å². The lowest BCUT2D eigenvalue weighted by Crippen LogP contribution is -2.52. The molecule has 0 amide bonds. The Morgan fingerprint density at radius 1 is 0.969 bits per heavy atom. The SMILES string of the molecule is CCNC(=NCc1cc(OC)c(OC)c(OC)c1)N1CCN(c2ccc(F)cc2)CC1.I. The molecule has 2 aromatic carbocycles. The van der Waals surface area contributed by atoms with Gasteiger partial charge < -0.3 is 29.3 Å². The molecule has 3 rings (SSSR count). The highest BCUT2D eigenvalue weighted by Gasteiger charge is 2.20. The third kappa shape index (κ3) is 6.30. The summed E-state index contributed by atoms with van der Waals surface area (Å²) in [5.41, 5.74) is 2.01. The summed E-state index contributed by atoms with van der Waals surface area (Å²) >= 11 is 0. The number of ether oxygens (including phenoxy) is 3. The molecule has 1 aliphatic rings. The number of rotatable bonds is 7. The largest absolute Gasteiger partial charge is 0.493 e. The molecule has 2 aromatic rings. The van der Waals surface area contributed by atoms with Crippen LogP contribution >= 0.6 is 24.0 Å². The zero-order chi connectivity index (χ0) is 22.2. The summed E-state index contributed by atoms with van der Waals surface area (Å²) in [6.07, 6.45) is 0. The molecular weight excluding hydrogens is 526 g/mol. The van der Waals surface area contributed by atoms with Crippen LogP contribution in [0.25, 0.3) is 0 Å². The zero-order valence-electron chi connectivity index (χ0n) is 19.1. The minimum atomic E-state index is -0.212. The van der Waals surface area contributed by atoms with Crippen LogP contribution in [0.4, 0.5) is 10.1 Å². The van der Waals surface area contributed by atoms with E-state index < -0.39 is 0 Å². The second-order valence-electron chi connectivity index (χ2n) is 7.15. The molecule has 176 valence electrons. The highest BCUT2D eigenvalue weighted by Crippen LogP contribution is 2.38. The average Bonchev–Trinajstić information content (AvgIpc) is 2.81. The van der Waals surface area contributed by atoms with Gasteiger partial charge in [-0.2, -0.15) is 0 Å². The minimum Gasteiger partial charge on any atom is -0.493 e. The van der Waals surface area contributed by atoms with Gasteiger partial charge in [0.15, 0.2) is 17.5 Å². The molecule has 0 bridgehead atoms. The molecule has 0 saturated carbocycles. The van der Waals surface area contributed by atoms with Gasteiger partial charge >= 0.3 is 0 Å². The van der Waals surface area contributed by atoms with Crippen LogP contribution in [-0.2, 0) is 6.54 Å². The number of nitrogens with zero attached hydrogens (tertiary/aromatic N) is 3. The Morgan fingerprint density at radius 3 is 2.06 bits per heavy atom. The van der Waals surface area contributed by atoms with Gasteiger partial charge in [0.05, 0.1) is 27.9 Å². The summed E-state index contributed by atoms with van der Waals surface area (Å²) in [6.45, 7) is 6.69. The lowest BCUT2D eigenvalue weighted by atomic mass is 10.2. The fourth-order valence-corrected chi connectivity index (χ4v) is 3.65. The predicted octanol–water partition coefficient (Wildman–Crippen LogP) is 3.76. The zero-order valence-corrected chi connectivity index (χ0v) is 21.4. The van der Waals surface area contributed by atoms with Gasteiger partial charge in [0.2, 0.25) is 5.75 Å². The van der Waals surface area contributed by atoms with Crippen molar-refractivity contribution in [1.82, 2.24) is 10.2 Å². The molecule has 9 heteroatoms. The normalized spacial score (nSPS) is 14.0. The fraction of sp³-hybridized carbons (Fsp3) is 0.435. The fourth-order valence-electron chi connectivity index (χ4n) is 3.65. The Balaban J connectivity index is 0.00000363. The molecule has 1 aliphatic heterocycles. The molecule has 0 spiro atoms. The van der Waals surface area contributed by atoms with Crippen molar-refractivity contribution >= 4 is 35.6 Å². The molecule has 32 heavy (non-hydrogen) atoms. The molecule has 0 unspecified atom stereocenters. The Hall–Kier alpha value is -2.43. The first-order valence-corrected chi connectivity index (χ1v) is 10.4. The number of methoxy groups -OCH3 is 3. The summed E-state index contributed by atoms with van der Waals surface area (Å²) in [4.78, 5) is 9.35. The van der Waals surface area contributed by atoms with E-state index in [-0.39, 0.29) is 29.8 Å². The third-order valence-corrected chi connectivity index (χ3v) is 5.24. The van der Waals surface area contributed by atoms with Gasteiger partial charge in [0, 0.05) is 38.4 Å². The van der Waals surface area contributed by atoms with Crippen LogP contribution in [0.2, 0.25) is 0 Å². The van der Waals surface area contributed by atoms with Crippen molar-refractivity contribution in [2.75, 3.05) is 59.0 Å². The van der Waals surface area contributed by atoms with Gasteiger partial charge in [-0.1, -0.05) is 0 Å². The van der Waals surface area contributed by atoms with E-state index >= 15 is 0 Å². The van der Waals surface area contributed by atoms with Crippen molar-refractivity contribution in [3.8, 4) is 17.2 Å². The lowest BCUT2D eigenvalue weighted by Gasteiger charge is -2.37. The van der Waals surface area contributed by atoms with E-state index in [0.29, 0.717) is 23.8 Å². The molecule has 0 atom stereocenters. The van der Waals surface area contributed by atoms with Gasteiger partial charge in [-0.25, -0.2) is 9.38 Å². The molecule has 1 heterocycles. The van der Waals surface area contributed by atoms with Crippen molar-refractivity contribution < 1.29 is 18.6 Å². The van der Waals surface area contributed by atoms with E-state index in [0.717, 1.165) is 49.9 Å².